The maximum atomic E-state index is 15.0. The molecule has 72 heavy (non-hydrogen) atoms. The third kappa shape index (κ3) is 10.2. The number of morpholine rings is 1. The molecule has 18 nitrogen and oxygen atoms in total. The molecule has 1 spiro atoms. The topological polar surface area (TPSA) is 225 Å². The molecule has 0 unspecified atom stereocenters. The van der Waals surface area contributed by atoms with Crippen molar-refractivity contribution in [1.29, 1.82) is 0 Å². The summed E-state index contributed by atoms with van der Waals surface area (Å²) in [5, 5.41) is 51.2. The Morgan fingerprint density at radius 3 is 2.21 bits per heavy atom. The molecule has 3 fully saturated rings. The molecule has 0 aromatic heterocycles. The van der Waals surface area contributed by atoms with Gasteiger partial charge in [-0.2, -0.15) is 0 Å². The smallest absolute Gasteiger partial charge is 0.410 e. The quantitative estimate of drug-likeness (QED) is 0.246. The van der Waals surface area contributed by atoms with E-state index in [0.29, 0.717) is 64.2 Å². The number of piperidine rings is 2. The zero-order valence-corrected chi connectivity index (χ0v) is 43.6. The molecule has 7 aliphatic rings. The number of fused-ring (bicyclic) bond motifs is 13. The van der Waals surface area contributed by atoms with Crippen molar-refractivity contribution in [3.8, 4) is 17.2 Å². The second-order valence-electron chi connectivity index (χ2n) is 21.6. The number of likely N-dealkylation sites (tertiary alicyclic amines) is 2. The number of nitrogens with one attached hydrogen (secondary N) is 1. The third-order valence-corrected chi connectivity index (χ3v) is 16.1. The first kappa shape index (κ1) is 53.2. The van der Waals surface area contributed by atoms with E-state index < -0.39 is 83.1 Å². The number of carbonyl (C=O) groups is 3. The lowest BCUT2D eigenvalue weighted by molar-refractivity contribution is -0.112. The van der Waals surface area contributed by atoms with Gasteiger partial charge in [0.1, 0.15) is 28.6 Å². The van der Waals surface area contributed by atoms with Crippen LogP contribution in [0.25, 0.3) is 10.8 Å². The summed E-state index contributed by atoms with van der Waals surface area (Å²) in [6.45, 7) is 22.5. The normalized spacial score (nSPS) is 32.6. The molecule has 2 aromatic rings. The zero-order chi connectivity index (χ0) is 52.0. The van der Waals surface area contributed by atoms with E-state index >= 15 is 0 Å². The average Bonchev–Trinajstić information content (AvgIpc) is 3.87. The number of amides is 2. The number of ketones is 1. The molecule has 9 atom stereocenters. The largest absolute Gasteiger partial charge is 0.507 e. The van der Waals surface area contributed by atoms with Crippen LogP contribution in [0.3, 0.4) is 0 Å². The van der Waals surface area contributed by atoms with E-state index in [1.54, 1.807) is 56.9 Å². The molecule has 394 valence electrons. The number of aliphatic hydroxyl groups is 2. The van der Waals surface area contributed by atoms with Crippen LogP contribution in [0.15, 0.2) is 46.1 Å². The van der Waals surface area contributed by atoms with Gasteiger partial charge in [0.2, 0.25) is 0 Å². The molecule has 2 aromatic carbocycles. The zero-order valence-electron chi connectivity index (χ0n) is 43.6. The predicted octanol–water partition coefficient (Wildman–Crippen LogP) is 5.12. The van der Waals surface area contributed by atoms with Gasteiger partial charge in [0.15, 0.2) is 11.4 Å². The van der Waals surface area contributed by atoms with Gasteiger partial charge < -0.3 is 59.2 Å². The SMILES string of the molecule is CO[C@H]1/C=C/O[C@@]2(C)Oc3c(C)c(O)c4c(O)c(c5c(c4c3C2=O)=NC2(CCN(CC(C)C)CC2)N=5)NC(=O)/C(C)=C\C=C\[C@H](C)[C@H](O)[C@@H](C)[C@@H](O)[C@@H](C)[C@H](OC(=O)N2CCC(N3CCOCC3)CC2)[C@@H]1C. The highest BCUT2D eigenvalue weighted by Gasteiger charge is 2.50. The highest BCUT2D eigenvalue weighted by molar-refractivity contribution is 6.19. The number of nitrogens with zero attached hydrogens (tertiary/aromatic N) is 5. The van der Waals surface area contributed by atoms with Crippen molar-refractivity contribution in [2.24, 2.45) is 39.6 Å². The summed E-state index contributed by atoms with van der Waals surface area (Å²) in [6.07, 6.45) is 6.05. The van der Waals surface area contributed by atoms with Gasteiger partial charge in [0, 0.05) is 119 Å². The van der Waals surface area contributed by atoms with Crippen LogP contribution in [0.2, 0.25) is 0 Å². The second kappa shape index (κ2) is 21.4. The third-order valence-electron chi connectivity index (χ3n) is 16.1. The first-order chi connectivity index (χ1) is 34.2. The first-order valence-electron chi connectivity index (χ1n) is 25.9. The Morgan fingerprint density at radius 2 is 1.56 bits per heavy atom. The Labute approximate surface area is 422 Å². The number of phenolic OH excluding ortho intramolecular Hbond substituents is 2. The number of aromatic hydroxyl groups is 2. The minimum Gasteiger partial charge on any atom is -0.507 e. The van der Waals surface area contributed by atoms with E-state index in [4.69, 9.17) is 33.7 Å². The molecule has 3 saturated heterocycles. The van der Waals surface area contributed by atoms with E-state index in [-0.39, 0.29) is 55.4 Å². The van der Waals surface area contributed by atoms with Crippen LogP contribution in [0.1, 0.15) is 97.0 Å². The van der Waals surface area contributed by atoms with E-state index in [0.717, 1.165) is 32.5 Å². The maximum Gasteiger partial charge on any atom is 0.410 e. The number of ether oxygens (including phenoxy) is 5. The summed E-state index contributed by atoms with van der Waals surface area (Å²) in [4.78, 5) is 60.0. The Morgan fingerprint density at radius 1 is 0.889 bits per heavy atom. The average molecular weight is 1000 g/mol. The number of allylic oxidation sites excluding steroid dienone is 2. The molecule has 18 heteroatoms. The summed E-state index contributed by atoms with van der Waals surface area (Å²) < 4.78 is 30.6. The van der Waals surface area contributed by atoms with Crippen LogP contribution in [-0.2, 0) is 23.7 Å². The fourth-order valence-corrected chi connectivity index (χ4v) is 11.6. The number of aliphatic hydroxyl groups excluding tert-OH is 2. The Bertz CT molecular complexity index is 2610. The Balaban J connectivity index is 1.18. The van der Waals surface area contributed by atoms with Gasteiger partial charge in [0.05, 0.1) is 54.1 Å². The molecule has 0 aliphatic carbocycles. The van der Waals surface area contributed by atoms with Gasteiger partial charge in [-0.3, -0.25) is 24.5 Å². The van der Waals surface area contributed by atoms with Crippen LogP contribution in [0, 0.1) is 36.5 Å². The molecule has 5 N–H and O–H groups in total. The number of anilines is 1. The van der Waals surface area contributed by atoms with Crippen LogP contribution in [0.5, 0.6) is 17.2 Å². The molecule has 9 rings (SSSR count). The maximum absolute atomic E-state index is 15.0. The van der Waals surface area contributed by atoms with Gasteiger partial charge in [-0.25, -0.2) is 4.79 Å². The number of methoxy groups -OCH3 is 1. The van der Waals surface area contributed by atoms with Crippen molar-refractivity contribution in [3.63, 3.8) is 0 Å². The van der Waals surface area contributed by atoms with Crippen LogP contribution < -0.4 is 20.8 Å². The minimum atomic E-state index is -1.98. The first-order valence-corrected chi connectivity index (χ1v) is 25.9. The molecule has 7 heterocycles. The summed E-state index contributed by atoms with van der Waals surface area (Å²) in [6, 6.07) is 0.336. The molecule has 2 amide bonds. The van der Waals surface area contributed by atoms with Crippen molar-refractivity contribution >= 4 is 34.2 Å². The van der Waals surface area contributed by atoms with E-state index in [1.165, 1.54) is 20.3 Å². The molecule has 5 bridgehead atoms. The summed E-state index contributed by atoms with van der Waals surface area (Å²) in [5.41, 5.74) is -0.581. The molecule has 0 radical (unpaired) electrons. The second-order valence-corrected chi connectivity index (χ2v) is 21.6. The van der Waals surface area contributed by atoms with Gasteiger partial charge in [0.25, 0.3) is 11.7 Å². The van der Waals surface area contributed by atoms with Crippen molar-refractivity contribution in [2.75, 3.05) is 71.5 Å². The minimum absolute atomic E-state index is 0.0374. The van der Waals surface area contributed by atoms with Gasteiger partial charge in [-0.1, -0.05) is 59.8 Å². The summed E-state index contributed by atoms with van der Waals surface area (Å²) in [7, 11) is 1.50. The van der Waals surface area contributed by atoms with Gasteiger partial charge >= 0.3 is 11.9 Å². The fraction of sp³-hybridized carbons (Fsp3) is 0.648. The number of hydrogen-bond donors (Lipinski definition) is 5. The highest BCUT2D eigenvalue weighted by Crippen LogP contribution is 2.50. The summed E-state index contributed by atoms with van der Waals surface area (Å²) in [5.74, 6) is -6.05. The summed E-state index contributed by atoms with van der Waals surface area (Å²) >= 11 is 0. The fourth-order valence-electron chi connectivity index (χ4n) is 11.6. The molecule has 7 aliphatic heterocycles. The lowest BCUT2D eigenvalue weighted by Gasteiger charge is -2.41. The molecular formula is C54H76N6O12. The van der Waals surface area contributed by atoms with Crippen molar-refractivity contribution < 1.29 is 58.5 Å². The standard InChI is InChI=1S/C54H76N6O12/c1-29(2)28-58-21-17-54(18-22-58)56-41-38-39-46(63)35(8)49-40(38)50(65)53(9,72-49)70-25-16-37(68-10)32(5)48(71-52(67)60-19-14-36(15-20-60)59-23-26-69-27-24-59)34(7)45(62)33(6)44(61)30(3)12-11-13-31(4)51(66)55-43(47(39)64)42(41)57-54/h11-13,16,25,29-30,32-34,36-37,44-45,48,61-64H,14-15,17-24,26-28H2,1-10H3,(H,55,66)/b12-11+,25-16+,31-13-/t30-,32+,33+,34+,37-,44-,45+,48+,53-/m0/s1. The van der Waals surface area contributed by atoms with Crippen LogP contribution in [0.4, 0.5) is 10.5 Å². The Kier molecular flexibility index (Phi) is 15.8. The highest BCUT2D eigenvalue weighted by atomic mass is 16.7. The molecular weight excluding hydrogens is 925 g/mol. The number of Topliss-reactive ketones (excluding diaryl/α,β-unsaturated/α-hetero) is 1. The van der Waals surface area contributed by atoms with E-state index in [1.807, 2.05) is 13.8 Å². The van der Waals surface area contributed by atoms with Crippen LogP contribution in [-0.4, -0.2) is 161 Å². The number of phenols is 2. The number of benzene rings is 2. The lowest BCUT2D eigenvalue weighted by Crippen LogP contribution is -2.52. The van der Waals surface area contributed by atoms with Crippen LogP contribution >= 0.6 is 0 Å². The monoisotopic (exact) mass is 1000 g/mol. The van der Waals surface area contributed by atoms with Crippen molar-refractivity contribution in [1.82, 2.24) is 14.7 Å². The van der Waals surface area contributed by atoms with Gasteiger partial charge in [-0.15, -0.1) is 0 Å². The Hall–Kier alpha value is -5.11. The molecule has 0 saturated carbocycles. The van der Waals surface area contributed by atoms with E-state index in [2.05, 4.69) is 29.0 Å². The van der Waals surface area contributed by atoms with E-state index in [9.17, 15) is 34.8 Å². The van der Waals surface area contributed by atoms with Crippen molar-refractivity contribution in [2.45, 2.75) is 130 Å². The number of rotatable bonds is 5. The number of carbonyl (C=O) groups excluding carboxylic acids is 3. The number of hydrogen-bond acceptors (Lipinski definition) is 16. The predicted molar refractivity (Wildman–Crippen MR) is 269 cm³/mol. The van der Waals surface area contributed by atoms with Crippen molar-refractivity contribution in [3.05, 3.63) is 58.0 Å². The lowest BCUT2D eigenvalue weighted by atomic mass is 9.78. The van der Waals surface area contributed by atoms with Gasteiger partial charge in [-0.05, 0) is 38.7 Å².